The molecule has 2 heterocycles. The van der Waals surface area contributed by atoms with Crippen molar-refractivity contribution in [1.82, 2.24) is 9.55 Å². The zero-order chi connectivity index (χ0) is 25.3. The summed E-state index contributed by atoms with van der Waals surface area (Å²) >= 11 is 0. The Bertz CT molecular complexity index is 1520. The maximum atomic E-state index is 13.3. The first-order chi connectivity index (χ1) is 17.3. The Kier molecular flexibility index (Phi) is 5.96. The maximum absolute atomic E-state index is 13.3. The van der Waals surface area contributed by atoms with Gasteiger partial charge in [-0.3, -0.25) is 9.36 Å². The molecule has 0 aliphatic carbocycles. The van der Waals surface area contributed by atoms with Crippen LogP contribution in [-0.2, 0) is 24.1 Å². The summed E-state index contributed by atoms with van der Waals surface area (Å²) in [6.07, 6.45) is -4.64. The van der Waals surface area contributed by atoms with Crippen molar-refractivity contribution in [2.45, 2.75) is 19.3 Å². The highest BCUT2D eigenvalue weighted by Crippen LogP contribution is 2.35. The van der Waals surface area contributed by atoms with Crippen LogP contribution in [0.25, 0.3) is 10.9 Å². The van der Waals surface area contributed by atoms with Crippen LogP contribution < -0.4 is 25.8 Å². The molecule has 3 aromatic carbocycles. The first-order valence-corrected chi connectivity index (χ1v) is 10.9. The quantitative estimate of drug-likeness (QED) is 0.411. The summed E-state index contributed by atoms with van der Waals surface area (Å²) in [4.78, 5) is 29.6. The smallest absolute Gasteiger partial charge is 0.418 e. The molecule has 0 unspecified atom stereocenters. The lowest BCUT2D eigenvalue weighted by Crippen LogP contribution is -2.30. The number of ether oxygens (including phenoxy) is 2. The zero-order valence-electron chi connectivity index (χ0n) is 18.6. The minimum atomic E-state index is -4.64. The summed E-state index contributed by atoms with van der Waals surface area (Å²) in [5, 5.41) is 5.96. The SMILES string of the molecule is O=C(Cn1c(=O)nc(NCc2ccc3c(c2)OCO3)c2ccccc21)Nc1ccccc1C(F)(F)F. The molecule has 0 fully saturated rings. The molecule has 184 valence electrons. The zero-order valence-corrected chi connectivity index (χ0v) is 18.6. The van der Waals surface area contributed by atoms with Gasteiger partial charge in [0, 0.05) is 11.9 Å². The lowest BCUT2D eigenvalue weighted by Gasteiger charge is -2.16. The van der Waals surface area contributed by atoms with Crippen molar-refractivity contribution in [3.63, 3.8) is 0 Å². The second kappa shape index (κ2) is 9.25. The van der Waals surface area contributed by atoms with Gasteiger partial charge < -0.3 is 20.1 Å². The Labute approximate surface area is 202 Å². The molecule has 0 atom stereocenters. The van der Waals surface area contributed by atoms with Crippen LogP contribution in [0, 0.1) is 0 Å². The number of hydrogen-bond acceptors (Lipinski definition) is 6. The third-order valence-electron chi connectivity index (χ3n) is 5.59. The number of anilines is 2. The van der Waals surface area contributed by atoms with E-state index in [1.165, 1.54) is 12.1 Å². The number of halogens is 3. The lowest BCUT2D eigenvalue weighted by molar-refractivity contribution is -0.137. The van der Waals surface area contributed by atoms with Crippen LogP contribution in [0.2, 0.25) is 0 Å². The van der Waals surface area contributed by atoms with Gasteiger partial charge in [-0.15, -0.1) is 0 Å². The Balaban J connectivity index is 1.39. The third-order valence-corrected chi connectivity index (χ3v) is 5.59. The molecule has 5 rings (SSSR count). The normalized spacial score (nSPS) is 12.5. The number of benzene rings is 3. The predicted octanol–water partition coefficient (Wildman–Crippen LogP) is 4.39. The number of fused-ring (bicyclic) bond motifs is 2. The van der Waals surface area contributed by atoms with Crippen molar-refractivity contribution in [3.8, 4) is 11.5 Å². The largest absolute Gasteiger partial charge is 0.454 e. The Morgan fingerprint density at radius 1 is 1.00 bits per heavy atom. The minimum absolute atomic E-state index is 0.159. The van der Waals surface area contributed by atoms with E-state index in [0.29, 0.717) is 34.8 Å². The summed E-state index contributed by atoms with van der Waals surface area (Å²) in [6.45, 7) is -0.0151. The minimum Gasteiger partial charge on any atom is -0.454 e. The van der Waals surface area contributed by atoms with E-state index in [0.717, 1.165) is 22.3 Å². The fourth-order valence-electron chi connectivity index (χ4n) is 3.93. The second-order valence-corrected chi connectivity index (χ2v) is 7.98. The highest BCUT2D eigenvalue weighted by Gasteiger charge is 2.33. The van der Waals surface area contributed by atoms with Crippen molar-refractivity contribution < 1.29 is 27.4 Å². The van der Waals surface area contributed by atoms with Crippen LogP contribution in [0.4, 0.5) is 24.7 Å². The number of alkyl halides is 3. The molecular weight excluding hydrogens is 477 g/mol. The van der Waals surface area contributed by atoms with Crippen molar-refractivity contribution >= 4 is 28.3 Å². The second-order valence-electron chi connectivity index (χ2n) is 7.98. The number of nitrogens with zero attached hydrogens (tertiary/aromatic N) is 2. The summed E-state index contributed by atoms with van der Waals surface area (Å²) in [6, 6.07) is 16.9. The van der Waals surface area contributed by atoms with E-state index in [4.69, 9.17) is 9.47 Å². The molecule has 4 aromatic rings. The van der Waals surface area contributed by atoms with E-state index < -0.39 is 29.9 Å². The number of nitrogens with one attached hydrogen (secondary N) is 2. The number of carbonyl (C=O) groups is 1. The van der Waals surface area contributed by atoms with Gasteiger partial charge in [0.05, 0.1) is 16.8 Å². The fraction of sp³-hybridized carbons (Fsp3) is 0.160. The molecule has 36 heavy (non-hydrogen) atoms. The summed E-state index contributed by atoms with van der Waals surface area (Å²) in [5.74, 6) is 0.802. The van der Waals surface area contributed by atoms with Crippen LogP contribution in [0.5, 0.6) is 11.5 Å². The molecule has 1 aliphatic heterocycles. The number of hydrogen-bond donors (Lipinski definition) is 2. The van der Waals surface area contributed by atoms with Crippen LogP contribution >= 0.6 is 0 Å². The van der Waals surface area contributed by atoms with E-state index >= 15 is 0 Å². The Morgan fingerprint density at radius 3 is 2.58 bits per heavy atom. The fourth-order valence-corrected chi connectivity index (χ4v) is 3.93. The summed E-state index contributed by atoms with van der Waals surface area (Å²) in [7, 11) is 0. The molecule has 1 aliphatic rings. The maximum Gasteiger partial charge on any atom is 0.418 e. The number of aromatic nitrogens is 2. The van der Waals surface area contributed by atoms with Crippen molar-refractivity contribution in [2.24, 2.45) is 0 Å². The number of para-hydroxylation sites is 2. The Hall–Kier alpha value is -4.54. The highest BCUT2D eigenvalue weighted by atomic mass is 19.4. The van der Waals surface area contributed by atoms with Gasteiger partial charge in [0.25, 0.3) is 0 Å². The molecule has 11 heteroatoms. The summed E-state index contributed by atoms with van der Waals surface area (Å²) in [5.41, 5.74) is -0.804. The molecule has 8 nitrogen and oxygen atoms in total. The first-order valence-electron chi connectivity index (χ1n) is 10.9. The molecule has 0 radical (unpaired) electrons. The van der Waals surface area contributed by atoms with E-state index in [1.54, 1.807) is 30.3 Å². The molecule has 0 bridgehead atoms. The first kappa shape index (κ1) is 23.2. The van der Waals surface area contributed by atoms with E-state index in [9.17, 15) is 22.8 Å². The number of rotatable bonds is 6. The standard InChI is InChI=1S/C25H19F3N4O4/c26-25(27,28)17-6-2-3-7-18(17)30-22(33)13-32-19-8-4-1-5-16(19)23(31-24(32)34)29-12-15-9-10-20-21(11-15)36-14-35-20/h1-11H,12-14H2,(H,30,33)(H,29,31,34). The average molecular weight is 496 g/mol. The van der Waals surface area contributed by atoms with Gasteiger partial charge in [0.2, 0.25) is 12.7 Å². The highest BCUT2D eigenvalue weighted by molar-refractivity contribution is 5.94. The van der Waals surface area contributed by atoms with Crippen LogP contribution in [-0.4, -0.2) is 22.3 Å². The summed E-state index contributed by atoms with van der Waals surface area (Å²) < 4.78 is 51.6. The molecule has 0 spiro atoms. The van der Waals surface area contributed by atoms with Gasteiger partial charge in [-0.2, -0.15) is 18.2 Å². The van der Waals surface area contributed by atoms with Gasteiger partial charge in [-0.1, -0.05) is 30.3 Å². The van der Waals surface area contributed by atoms with Crippen LogP contribution in [0.15, 0.2) is 71.5 Å². The lowest BCUT2D eigenvalue weighted by atomic mass is 10.1. The molecule has 2 N–H and O–H groups in total. The van der Waals surface area contributed by atoms with Gasteiger partial charge in [0.15, 0.2) is 11.5 Å². The van der Waals surface area contributed by atoms with E-state index in [-0.39, 0.29) is 12.5 Å². The topological polar surface area (TPSA) is 94.5 Å². The van der Waals surface area contributed by atoms with Crippen LogP contribution in [0.1, 0.15) is 11.1 Å². The van der Waals surface area contributed by atoms with Crippen LogP contribution in [0.3, 0.4) is 0 Å². The van der Waals surface area contributed by atoms with Gasteiger partial charge >= 0.3 is 11.9 Å². The van der Waals surface area contributed by atoms with Gasteiger partial charge in [-0.05, 0) is 42.0 Å². The third kappa shape index (κ3) is 4.67. The monoisotopic (exact) mass is 496 g/mol. The predicted molar refractivity (Wildman–Crippen MR) is 126 cm³/mol. The van der Waals surface area contributed by atoms with E-state index in [2.05, 4.69) is 15.6 Å². The van der Waals surface area contributed by atoms with Crippen molar-refractivity contribution in [1.29, 1.82) is 0 Å². The van der Waals surface area contributed by atoms with Gasteiger partial charge in [-0.25, -0.2) is 4.79 Å². The van der Waals surface area contributed by atoms with Crippen molar-refractivity contribution in [3.05, 3.63) is 88.3 Å². The number of amides is 1. The molecule has 1 aromatic heterocycles. The molecule has 0 saturated carbocycles. The van der Waals surface area contributed by atoms with Gasteiger partial charge in [0.1, 0.15) is 12.4 Å². The molecule has 0 saturated heterocycles. The van der Waals surface area contributed by atoms with E-state index in [1.807, 2.05) is 12.1 Å². The molecular formula is C25H19F3N4O4. The average Bonchev–Trinajstić information content (AvgIpc) is 3.32. The Morgan fingerprint density at radius 2 is 1.75 bits per heavy atom. The molecule has 1 amide bonds. The van der Waals surface area contributed by atoms with Crippen molar-refractivity contribution in [2.75, 3.05) is 17.4 Å². The number of carbonyl (C=O) groups excluding carboxylic acids is 1.